The highest BCUT2D eigenvalue weighted by Gasteiger charge is 1.96. The Kier molecular flexibility index (Phi) is 7.50. The molecule has 0 aromatic carbocycles. The second-order valence-corrected chi connectivity index (χ2v) is 3.53. The van der Waals surface area contributed by atoms with E-state index >= 15 is 0 Å². The maximum Gasteiger partial charge on any atom is 0.518 e. The van der Waals surface area contributed by atoms with Crippen molar-refractivity contribution < 1.29 is 18.7 Å². The molecule has 0 atom stereocenters. The van der Waals surface area contributed by atoms with E-state index in [4.69, 9.17) is 5.11 Å². The van der Waals surface area contributed by atoms with Crippen LogP contribution in [0.4, 0.5) is 0 Å². The van der Waals surface area contributed by atoms with Gasteiger partial charge in [0, 0.05) is 5.57 Å². The van der Waals surface area contributed by atoms with Gasteiger partial charge < -0.3 is 13.9 Å². The van der Waals surface area contributed by atoms with E-state index in [1.165, 1.54) is 6.26 Å². The summed E-state index contributed by atoms with van der Waals surface area (Å²) in [5, 5.41) is 8.41. The fourth-order valence-corrected chi connectivity index (χ4v) is 0.921. The maximum atomic E-state index is 10.2. The standard InChI is InChI=1S/C8H14O2.C4H4O3/c1-3-4-5-6-7(2)8(9)10;1-3-2-6-4(5)7-3/h6H,3-5H2,1-2H3,(H,9,10);2H,1H3. The fourth-order valence-electron chi connectivity index (χ4n) is 0.921. The second kappa shape index (κ2) is 8.38. The number of aliphatic carboxylic acids is 1. The Morgan fingerprint density at radius 3 is 2.47 bits per heavy atom. The molecule has 1 aromatic heterocycles. The molecule has 0 saturated heterocycles. The summed E-state index contributed by atoms with van der Waals surface area (Å²) in [4.78, 5) is 20.2. The minimum Gasteiger partial charge on any atom is -0.478 e. The van der Waals surface area contributed by atoms with Gasteiger partial charge in [-0.15, -0.1) is 0 Å². The minimum absolute atomic E-state index is 0.452. The number of rotatable bonds is 4. The Bertz CT molecular complexity index is 411. The van der Waals surface area contributed by atoms with Crippen LogP contribution >= 0.6 is 0 Å². The first-order valence-electron chi connectivity index (χ1n) is 5.42. The highest BCUT2D eigenvalue weighted by molar-refractivity contribution is 5.85. The first kappa shape index (κ1) is 15.2. The Morgan fingerprint density at radius 1 is 1.53 bits per heavy atom. The van der Waals surface area contributed by atoms with Crippen molar-refractivity contribution in [3.63, 3.8) is 0 Å². The van der Waals surface area contributed by atoms with E-state index in [1.807, 2.05) is 0 Å². The van der Waals surface area contributed by atoms with Crippen LogP contribution in [0.1, 0.15) is 38.9 Å². The summed E-state index contributed by atoms with van der Waals surface area (Å²) >= 11 is 0. The van der Waals surface area contributed by atoms with Crippen molar-refractivity contribution in [2.45, 2.75) is 40.0 Å². The normalized spacial score (nSPS) is 10.6. The molecule has 1 heterocycles. The van der Waals surface area contributed by atoms with Gasteiger partial charge in [0.1, 0.15) is 12.0 Å². The second-order valence-electron chi connectivity index (χ2n) is 3.53. The summed E-state index contributed by atoms with van der Waals surface area (Å²) in [5.41, 5.74) is 0.452. The zero-order chi connectivity index (χ0) is 13.3. The third-order valence-corrected chi connectivity index (χ3v) is 1.91. The van der Waals surface area contributed by atoms with E-state index in [0.717, 1.165) is 19.3 Å². The van der Waals surface area contributed by atoms with Gasteiger partial charge in [0.15, 0.2) is 0 Å². The zero-order valence-corrected chi connectivity index (χ0v) is 10.4. The number of hydrogen-bond donors (Lipinski definition) is 1. The largest absolute Gasteiger partial charge is 0.518 e. The first-order valence-corrected chi connectivity index (χ1v) is 5.42. The molecule has 0 unspecified atom stereocenters. The van der Waals surface area contributed by atoms with E-state index in [-0.39, 0.29) is 0 Å². The van der Waals surface area contributed by atoms with Crippen LogP contribution in [0.3, 0.4) is 0 Å². The summed E-state index contributed by atoms with van der Waals surface area (Å²) in [6, 6.07) is 0. The van der Waals surface area contributed by atoms with Crippen LogP contribution in [-0.2, 0) is 4.79 Å². The van der Waals surface area contributed by atoms with Crippen LogP contribution in [-0.4, -0.2) is 11.1 Å². The summed E-state index contributed by atoms with van der Waals surface area (Å²) in [5.74, 6) is -0.946. The number of hydrogen-bond acceptors (Lipinski definition) is 4. The topological polar surface area (TPSA) is 80.6 Å². The Morgan fingerprint density at radius 2 is 2.18 bits per heavy atom. The molecule has 1 rings (SSSR count). The quantitative estimate of drug-likeness (QED) is 0.648. The van der Waals surface area contributed by atoms with Gasteiger partial charge in [0.05, 0.1) is 0 Å². The smallest absolute Gasteiger partial charge is 0.478 e. The van der Waals surface area contributed by atoms with Crippen molar-refractivity contribution in [3.05, 3.63) is 34.3 Å². The average Bonchev–Trinajstić information content (AvgIpc) is 2.63. The monoisotopic (exact) mass is 242 g/mol. The van der Waals surface area contributed by atoms with Gasteiger partial charge in [-0.1, -0.05) is 25.8 Å². The summed E-state index contributed by atoms with van der Waals surface area (Å²) in [7, 11) is 0. The van der Waals surface area contributed by atoms with Gasteiger partial charge in [0.25, 0.3) is 0 Å². The fraction of sp³-hybridized carbons (Fsp3) is 0.500. The van der Waals surface area contributed by atoms with Crippen molar-refractivity contribution in [2.75, 3.05) is 0 Å². The lowest BCUT2D eigenvalue weighted by Gasteiger charge is -1.91. The Hall–Kier alpha value is -1.78. The van der Waals surface area contributed by atoms with Gasteiger partial charge in [-0.25, -0.2) is 9.59 Å². The SMILES string of the molecule is CCCCC=C(C)C(=O)O.Cc1coc(=O)o1. The van der Waals surface area contributed by atoms with Crippen LogP contribution in [0.15, 0.2) is 31.5 Å². The average molecular weight is 242 g/mol. The molecule has 1 aromatic rings. The summed E-state index contributed by atoms with van der Waals surface area (Å²) in [6.07, 6.45) is 6.11. The number of carboxylic acid groups (broad SMARTS) is 1. The lowest BCUT2D eigenvalue weighted by atomic mass is 10.2. The van der Waals surface area contributed by atoms with E-state index in [0.29, 0.717) is 11.3 Å². The Balaban J connectivity index is 0.000000318. The number of aryl methyl sites for hydroxylation is 1. The molecule has 0 aliphatic carbocycles. The third-order valence-electron chi connectivity index (χ3n) is 1.91. The zero-order valence-electron chi connectivity index (χ0n) is 10.4. The molecule has 96 valence electrons. The number of unbranched alkanes of at least 4 members (excludes halogenated alkanes) is 2. The molecule has 0 aliphatic rings. The van der Waals surface area contributed by atoms with E-state index in [2.05, 4.69) is 15.8 Å². The van der Waals surface area contributed by atoms with Crippen LogP contribution < -0.4 is 5.82 Å². The number of allylic oxidation sites excluding steroid dienone is 1. The molecule has 0 spiro atoms. The number of carbonyl (C=O) groups is 1. The van der Waals surface area contributed by atoms with Gasteiger partial charge >= 0.3 is 11.8 Å². The molecule has 0 saturated carbocycles. The molecule has 17 heavy (non-hydrogen) atoms. The molecule has 0 radical (unpaired) electrons. The maximum absolute atomic E-state index is 10.2. The van der Waals surface area contributed by atoms with E-state index in [9.17, 15) is 9.59 Å². The molecule has 0 bridgehead atoms. The van der Waals surface area contributed by atoms with Crippen LogP contribution in [0.5, 0.6) is 0 Å². The van der Waals surface area contributed by atoms with Crippen LogP contribution in [0.25, 0.3) is 0 Å². The van der Waals surface area contributed by atoms with Crippen molar-refractivity contribution in [1.82, 2.24) is 0 Å². The van der Waals surface area contributed by atoms with Crippen LogP contribution in [0, 0.1) is 6.92 Å². The molecule has 0 aliphatic heterocycles. The Labute approximate surface area is 99.7 Å². The highest BCUT2D eigenvalue weighted by Crippen LogP contribution is 2.00. The minimum atomic E-state index is -0.809. The van der Waals surface area contributed by atoms with Crippen molar-refractivity contribution in [1.29, 1.82) is 0 Å². The molecular formula is C12H18O5. The summed E-state index contributed by atoms with van der Waals surface area (Å²) < 4.78 is 8.60. The van der Waals surface area contributed by atoms with Gasteiger partial charge in [-0.2, -0.15) is 0 Å². The summed E-state index contributed by atoms with van der Waals surface area (Å²) in [6.45, 7) is 5.35. The van der Waals surface area contributed by atoms with Crippen molar-refractivity contribution in [2.24, 2.45) is 0 Å². The van der Waals surface area contributed by atoms with Gasteiger partial charge in [-0.3, -0.25) is 0 Å². The predicted molar refractivity (Wildman–Crippen MR) is 62.9 cm³/mol. The third kappa shape index (κ3) is 8.07. The van der Waals surface area contributed by atoms with Gasteiger partial charge in [-0.05, 0) is 20.3 Å². The molecule has 1 N–H and O–H groups in total. The van der Waals surface area contributed by atoms with Crippen molar-refractivity contribution in [3.8, 4) is 0 Å². The molecule has 5 nitrogen and oxygen atoms in total. The van der Waals surface area contributed by atoms with E-state index < -0.39 is 11.8 Å². The van der Waals surface area contributed by atoms with Gasteiger partial charge in [0.2, 0.25) is 0 Å². The first-order chi connectivity index (χ1) is 7.97. The molecular weight excluding hydrogens is 224 g/mol. The highest BCUT2D eigenvalue weighted by atomic mass is 16.6. The lowest BCUT2D eigenvalue weighted by Crippen LogP contribution is -1.95. The van der Waals surface area contributed by atoms with Crippen molar-refractivity contribution >= 4 is 5.97 Å². The van der Waals surface area contributed by atoms with Crippen LogP contribution in [0.2, 0.25) is 0 Å². The lowest BCUT2D eigenvalue weighted by molar-refractivity contribution is -0.132. The van der Waals surface area contributed by atoms with E-state index in [1.54, 1.807) is 19.9 Å². The molecule has 5 heteroatoms. The molecule has 0 amide bonds. The predicted octanol–water partition coefficient (Wildman–Crippen LogP) is 2.75. The number of carboxylic acids is 1. The molecule has 0 fully saturated rings.